The lowest BCUT2D eigenvalue weighted by atomic mass is 10.0. The second kappa shape index (κ2) is 8.69. The van der Waals surface area contributed by atoms with Crippen molar-refractivity contribution in [2.75, 3.05) is 26.4 Å². The van der Waals surface area contributed by atoms with Gasteiger partial charge < -0.3 is 24.1 Å². The van der Waals surface area contributed by atoms with Crippen molar-refractivity contribution in [3.8, 4) is 17.2 Å². The Morgan fingerprint density at radius 1 is 1.00 bits per heavy atom. The fraction of sp³-hybridized carbons (Fsp3) is 0.375. The molecule has 1 aromatic heterocycles. The maximum absolute atomic E-state index is 13.4. The minimum Gasteiger partial charge on any atom is -0.490 e. The molecule has 1 N–H and O–H groups in total. The molecule has 1 amide bonds. The SMILES string of the molecule is CCOc1cc(C(=O)N2CCc3[nH]c4ccccc4c3C2)cc(OCC)c1OCC. The van der Waals surface area contributed by atoms with Gasteiger partial charge in [-0.25, -0.2) is 0 Å². The van der Waals surface area contributed by atoms with E-state index in [0.29, 0.717) is 55.7 Å². The molecule has 6 nitrogen and oxygen atoms in total. The van der Waals surface area contributed by atoms with Gasteiger partial charge in [0.25, 0.3) is 5.91 Å². The number of benzene rings is 2. The predicted molar refractivity (Wildman–Crippen MR) is 117 cm³/mol. The van der Waals surface area contributed by atoms with Crippen LogP contribution in [0.25, 0.3) is 10.9 Å². The molecule has 0 aliphatic carbocycles. The molecule has 0 bridgehead atoms. The summed E-state index contributed by atoms with van der Waals surface area (Å²) in [5.41, 5.74) is 4.09. The Hall–Kier alpha value is -3.15. The van der Waals surface area contributed by atoms with Crippen LogP contribution in [0.1, 0.15) is 42.4 Å². The van der Waals surface area contributed by atoms with E-state index in [2.05, 4.69) is 17.1 Å². The Morgan fingerprint density at radius 2 is 1.67 bits per heavy atom. The summed E-state index contributed by atoms with van der Waals surface area (Å²) in [6.07, 6.45) is 0.809. The quantitative estimate of drug-likeness (QED) is 0.622. The molecule has 0 saturated carbocycles. The van der Waals surface area contributed by atoms with Crippen LogP contribution < -0.4 is 14.2 Å². The van der Waals surface area contributed by atoms with Crippen LogP contribution in [-0.4, -0.2) is 42.2 Å². The molecule has 0 radical (unpaired) electrons. The molecular formula is C24H28N2O4. The van der Waals surface area contributed by atoms with Crippen molar-refractivity contribution >= 4 is 16.8 Å². The lowest BCUT2D eigenvalue weighted by Gasteiger charge is -2.28. The van der Waals surface area contributed by atoms with Gasteiger partial charge in [0, 0.05) is 47.2 Å². The van der Waals surface area contributed by atoms with Crippen LogP contribution in [0.5, 0.6) is 17.2 Å². The van der Waals surface area contributed by atoms with Crippen molar-refractivity contribution in [2.45, 2.75) is 33.7 Å². The van der Waals surface area contributed by atoms with Crippen LogP contribution >= 0.6 is 0 Å². The molecule has 0 saturated heterocycles. The molecule has 0 spiro atoms. The van der Waals surface area contributed by atoms with Gasteiger partial charge in [-0.1, -0.05) is 18.2 Å². The number of H-pyrrole nitrogens is 1. The van der Waals surface area contributed by atoms with Gasteiger partial charge in [-0.3, -0.25) is 4.79 Å². The molecule has 158 valence electrons. The van der Waals surface area contributed by atoms with E-state index in [1.54, 1.807) is 12.1 Å². The number of amides is 1. The Morgan fingerprint density at radius 3 is 2.33 bits per heavy atom. The zero-order valence-corrected chi connectivity index (χ0v) is 17.8. The van der Waals surface area contributed by atoms with Gasteiger partial charge in [0.2, 0.25) is 5.75 Å². The van der Waals surface area contributed by atoms with Crippen molar-refractivity contribution in [3.63, 3.8) is 0 Å². The number of aromatic amines is 1. The first-order valence-electron chi connectivity index (χ1n) is 10.6. The Balaban J connectivity index is 1.67. The van der Waals surface area contributed by atoms with Crippen molar-refractivity contribution in [1.82, 2.24) is 9.88 Å². The molecular weight excluding hydrogens is 380 g/mol. The highest BCUT2D eigenvalue weighted by atomic mass is 16.5. The molecule has 2 heterocycles. The lowest BCUT2D eigenvalue weighted by Crippen LogP contribution is -2.35. The van der Waals surface area contributed by atoms with Crippen molar-refractivity contribution in [2.24, 2.45) is 0 Å². The minimum absolute atomic E-state index is 0.0316. The summed E-state index contributed by atoms with van der Waals surface area (Å²) in [6.45, 7) is 8.43. The topological polar surface area (TPSA) is 63.8 Å². The van der Waals surface area contributed by atoms with Crippen LogP contribution in [0.3, 0.4) is 0 Å². The first kappa shape index (κ1) is 20.1. The first-order valence-corrected chi connectivity index (χ1v) is 10.6. The number of carbonyl (C=O) groups is 1. The standard InChI is InChI=1S/C24H28N2O4/c1-4-28-21-13-16(14-22(29-5-2)23(21)30-6-3)24(27)26-12-11-20-18(15-26)17-9-7-8-10-19(17)25-20/h7-10,13-14,25H,4-6,11-12,15H2,1-3H3. The predicted octanol–water partition coefficient (Wildman–Crippen LogP) is 4.56. The maximum atomic E-state index is 13.4. The van der Waals surface area contributed by atoms with Gasteiger partial charge in [0.15, 0.2) is 11.5 Å². The second-order valence-electron chi connectivity index (χ2n) is 7.21. The van der Waals surface area contributed by atoms with E-state index in [9.17, 15) is 4.79 Å². The van der Waals surface area contributed by atoms with E-state index in [1.807, 2.05) is 37.8 Å². The van der Waals surface area contributed by atoms with Gasteiger partial charge in [-0.05, 0) is 39.0 Å². The van der Waals surface area contributed by atoms with E-state index < -0.39 is 0 Å². The molecule has 0 atom stereocenters. The molecule has 4 rings (SSSR count). The van der Waals surface area contributed by atoms with Crippen molar-refractivity contribution in [3.05, 3.63) is 53.2 Å². The summed E-state index contributed by atoms with van der Waals surface area (Å²) in [7, 11) is 0. The number of nitrogens with one attached hydrogen (secondary N) is 1. The summed E-state index contributed by atoms with van der Waals surface area (Å²) >= 11 is 0. The number of aromatic nitrogens is 1. The number of rotatable bonds is 7. The average Bonchev–Trinajstić information content (AvgIpc) is 3.13. The van der Waals surface area contributed by atoms with Crippen LogP contribution in [0.2, 0.25) is 0 Å². The molecule has 30 heavy (non-hydrogen) atoms. The molecule has 3 aromatic rings. The summed E-state index contributed by atoms with van der Waals surface area (Å²) < 4.78 is 17.3. The Bertz CT molecular complexity index is 1030. The molecule has 1 aliphatic rings. The average molecular weight is 408 g/mol. The van der Waals surface area contributed by atoms with E-state index in [4.69, 9.17) is 14.2 Å². The molecule has 6 heteroatoms. The third-order valence-corrected chi connectivity index (χ3v) is 5.33. The lowest BCUT2D eigenvalue weighted by molar-refractivity contribution is 0.0734. The summed E-state index contributed by atoms with van der Waals surface area (Å²) in [6, 6.07) is 11.8. The number of para-hydroxylation sites is 1. The number of hydrogen-bond donors (Lipinski definition) is 1. The molecule has 1 aliphatic heterocycles. The monoisotopic (exact) mass is 408 g/mol. The summed E-state index contributed by atoms with van der Waals surface area (Å²) in [4.78, 5) is 18.8. The maximum Gasteiger partial charge on any atom is 0.254 e. The van der Waals surface area contributed by atoms with Gasteiger partial charge in [-0.15, -0.1) is 0 Å². The zero-order valence-electron chi connectivity index (χ0n) is 17.8. The van der Waals surface area contributed by atoms with Crippen LogP contribution in [0.4, 0.5) is 0 Å². The molecule has 2 aromatic carbocycles. The highest BCUT2D eigenvalue weighted by Crippen LogP contribution is 2.40. The largest absolute Gasteiger partial charge is 0.490 e. The third-order valence-electron chi connectivity index (χ3n) is 5.33. The highest BCUT2D eigenvalue weighted by molar-refractivity contribution is 5.96. The van der Waals surface area contributed by atoms with Gasteiger partial charge >= 0.3 is 0 Å². The zero-order chi connectivity index (χ0) is 21.1. The van der Waals surface area contributed by atoms with E-state index in [1.165, 1.54) is 16.6 Å². The van der Waals surface area contributed by atoms with Gasteiger partial charge in [0.05, 0.1) is 19.8 Å². The number of nitrogens with zero attached hydrogens (tertiary/aromatic N) is 1. The normalized spacial score (nSPS) is 13.2. The smallest absolute Gasteiger partial charge is 0.254 e. The van der Waals surface area contributed by atoms with Gasteiger partial charge in [0.1, 0.15) is 0 Å². The highest BCUT2D eigenvalue weighted by Gasteiger charge is 2.27. The second-order valence-corrected chi connectivity index (χ2v) is 7.21. The van der Waals surface area contributed by atoms with Crippen LogP contribution in [-0.2, 0) is 13.0 Å². The van der Waals surface area contributed by atoms with Gasteiger partial charge in [-0.2, -0.15) is 0 Å². The Labute approximate surface area is 176 Å². The fourth-order valence-electron chi connectivity index (χ4n) is 4.03. The van der Waals surface area contributed by atoms with Crippen molar-refractivity contribution < 1.29 is 19.0 Å². The molecule has 0 unspecified atom stereocenters. The third kappa shape index (κ3) is 3.70. The van der Waals surface area contributed by atoms with E-state index in [-0.39, 0.29) is 5.91 Å². The fourth-order valence-corrected chi connectivity index (χ4v) is 4.03. The number of carbonyl (C=O) groups excluding carboxylic acids is 1. The van der Waals surface area contributed by atoms with E-state index >= 15 is 0 Å². The van der Waals surface area contributed by atoms with Crippen LogP contribution in [0.15, 0.2) is 36.4 Å². The molecule has 0 fully saturated rings. The number of hydrogen-bond acceptors (Lipinski definition) is 4. The summed E-state index contributed by atoms with van der Waals surface area (Å²) in [5, 5.41) is 1.18. The summed E-state index contributed by atoms with van der Waals surface area (Å²) in [5.74, 6) is 1.60. The number of ether oxygens (including phenoxy) is 3. The minimum atomic E-state index is -0.0316. The first-order chi connectivity index (χ1) is 14.7. The number of fused-ring (bicyclic) bond motifs is 3. The van der Waals surface area contributed by atoms with Crippen LogP contribution in [0, 0.1) is 0 Å². The van der Waals surface area contributed by atoms with Crippen molar-refractivity contribution in [1.29, 1.82) is 0 Å². The Kier molecular flexibility index (Phi) is 5.84. The van der Waals surface area contributed by atoms with E-state index in [0.717, 1.165) is 11.9 Å².